The van der Waals surface area contributed by atoms with Crippen LogP contribution in [0.3, 0.4) is 0 Å². The Morgan fingerprint density at radius 3 is 2.70 bits per heavy atom. The SMILES string of the molecule is [C-]#[N+]c1ncc(-c2ccn(-c3ccc(CNC(=O)c4ccc5[nH]ncc5c4)c(F)c3)n2)cc1C(F)(F)F. The maximum absolute atomic E-state index is 14.8. The molecule has 0 radical (unpaired) electrons. The van der Waals surface area contributed by atoms with Crippen LogP contribution in [0.15, 0.2) is 67.1 Å². The third-order valence-electron chi connectivity index (χ3n) is 5.61. The fourth-order valence-electron chi connectivity index (χ4n) is 3.70. The van der Waals surface area contributed by atoms with Gasteiger partial charge in [0.15, 0.2) is 0 Å². The molecule has 0 saturated carbocycles. The third-order valence-corrected chi connectivity index (χ3v) is 5.61. The quantitative estimate of drug-likeness (QED) is 0.246. The lowest BCUT2D eigenvalue weighted by Crippen LogP contribution is -2.23. The Morgan fingerprint density at radius 2 is 1.95 bits per heavy atom. The summed E-state index contributed by atoms with van der Waals surface area (Å²) in [7, 11) is 0. The molecule has 1 amide bonds. The molecule has 2 N–H and O–H groups in total. The maximum atomic E-state index is 14.8. The number of carbonyl (C=O) groups is 1. The van der Waals surface area contributed by atoms with E-state index in [-0.39, 0.29) is 29.3 Å². The largest absolute Gasteiger partial charge is 0.409 e. The Balaban J connectivity index is 1.32. The number of alkyl halides is 3. The van der Waals surface area contributed by atoms with Crippen molar-refractivity contribution in [3.05, 3.63) is 101 Å². The number of nitrogens with zero attached hydrogens (tertiary/aromatic N) is 5. The molecule has 0 aliphatic rings. The van der Waals surface area contributed by atoms with Crippen molar-refractivity contribution in [2.24, 2.45) is 0 Å². The van der Waals surface area contributed by atoms with Gasteiger partial charge in [-0.3, -0.25) is 9.89 Å². The molecule has 0 aliphatic carbocycles. The molecule has 0 spiro atoms. The highest BCUT2D eigenvalue weighted by Crippen LogP contribution is 2.37. The van der Waals surface area contributed by atoms with Crippen LogP contribution >= 0.6 is 0 Å². The van der Waals surface area contributed by atoms with Gasteiger partial charge >= 0.3 is 6.18 Å². The van der Waals surface area contributed by atoms with E-state index < -0.39 is 23.4 Å². The second kappa shape index (κ2) is 9.19. The summed E-state index contributed by atoms with van der Waals surface area (Å²) in [4.78, 5) is 18.9. The van der Waals surface area contributed by atoms with Crippen molar-refractivity contribution in [1.82, 2.24) is 30.3 Å². The number of carbonyl (C=O) groups excluding carboxylic acids is 1. The van der Waals surface area contributed by atoms with Crippen LogP contribution in [-0.2, 0) is 12.7 Å². The second-order valence-electron chi connectivity index (χ2n) is 7.98. The van der Waals surface area contributed by atoms with Gasteiger partial charge in [0.1, 0.15) is 12.0 Å². The predicted molar refractivity (Wildman–Crippen MR) is 125 cm³/mol. The van der Waals surface area contributed by atoms with E-state index in [9.17, 15) is 22.4 Å². The number of halogens is 4. The minimum atomic E-state index is -4.74. The Bertz CT molecular complexity index is 1680. The first-order valence-corrected chi connectivity index (χ1v) is 10.7. The molecule has 8 nitrogen and oxygen atoms in total. The average molecular weight is 505 g/mol. The van der Waals surface area contributed by atoms with E-state index in [4.69, 9.17) is 6.57 Å². The van der Waals surface area contributed by atoms with E-state index >= 15 is 0 Å². The average Bonchev–Trinajstić information content (AvgIpc) is 3.56. The summed E-state index contributed by atoms with van der Waals surface area (Å²) in [6.45, 7) is 6.84. The van der Waals surface area contributed by atoms with Crippen molar-refractivity contribution in [3.8, 4) is 16.9 Å². The first-order valence-electron chi connectivity index (χ1n) is 10.7. The number of nitrogens with one attached hydrogen (secondary N) is 2. The number of hydrogen-bond acceptors (Lipinski definition) is 4. The summed E-state index contributed by atoms with van der Waals surface area (Å²) in [5.41, 5.74) is 0.832. The highest BCUT2D eigenvalue weighted by atomic mass is 19.4. The Kier molecular flexibility index (Phi) is 5.88. The van der Waals surface area contributed by atoms with Gasteiger partial charge in [0.25, 0.3) is 11.7 Å². The van der Waals surface area contributed by atoms with Crippen LogP contribution in [0.1, 0.15) is 21.5 Å². The molecule has 3 heterocycles. The number of benzene rings is 2. The van der Waals surface area contributed by atoms with E-state index in [0.29, 0.717) is 11.3 Å². The topological polar surface area (TPSA) is 92.8 Å². The lowest BCUT2D eigenvalue weighted by atomic mass is 10.1. The van der Waals surface area contributed by atoms with Crippen molar-refractivity contribution in [1.29, 1.82) is 0 Å². The van der Waals surface area contributed by atoms with E-state index in [2.05, 4.69) is 30.4 Å². The van der Waals surface area contributed by atoms with E-state index in [0.717, 1.165) is 23.2 Å². The Hall–Kier alpha value is -5.05. The number of hydrogen-bond donors (Lipinski definition) is 2. The molecule has 0 aliphatic heterocycles. The number of fused-ring (bicyclic) bond motifs is 1. The first kappa shape index (κ1) is 23.7. The van der Waals surface area contributed by atoms with Crippen LogP contribution in [0.25, 0.3) is 32.7 Å². The highest BCUT2D eigenvalue weighted by molar-refractivity contribution is 5.97. The molecule has 5 rings (SSSR count). The molecule has 0 bridgehead atoms. The molecule has 0 saturated heterocycles. The van der Waals surface area contributed by atoms with Gasteiger partial charge in [-0.05, 0) is 42.5 Å². The number of amides is 1. The number of H-pyrrole nitrogens is 1. The second-order valence-corrected chi connectivity index (χ2v) is 7.98. The van der Waals surface area contributed by atoms with Crippen LogP contribution < -0.4 is 5.32 Å². The van der Waals surface area contributed by atoms with Crippen molar-refractivity contribution in [2.75, 3.05) is 0 Å². The van der Waals surface area contributed by atoms with Gasteiger partial charge < -0.3 is 10.2 Å². The monoisotopic (exact) mass is 505 g/mol. The van der Waals surface area contributed by atoms with Gasteiger partial charge in [-0.2, -0.15) is 23.4 Å². The van der Waals surface area contributed by atoms with Crippen molar-refractivity contribution in [3.63, 3.8) is 0 Å². The number of rotatable bonds is 5. The lowest BCUT2D eigenvalue weighted by molar-refractivity contribution is -0.137. The molecule has 5 aromatic rings. The fraction of sp³-hybridized carbons (Fsp3) is 0.0800. The van der Waals surface area contributed by atoms with Crippen molar-refractivity contribution in [2.45, 2.75) is 12.7 Å². The summed E-state index contributed by atoms with van der Waals surface area (Å²) in [5, 5.41) is 14.4. The van der Waals surface area contributed by atoms with Gasteiger partial charge in [-0.1, -0.05) is 12.6 Å². The van der Waals surface area contributed by atoms with Gasteiger partial charge in [0, 0.05) is 34.8 Å². The number of aromatic amines is 1. The minimum absolute atomic E-state index is 0.0575. The van der Waals surface area contributed by atoms with Crippen LogP contribution in [0, 0.1) is 12.4 Å². The highest BCUT2D eigenvalue weighted by Gasteiger charge is 2.35. The zero-order chi connectivity index (χ0) is 26.2. The zero-order valence-corrected chi connectivity index (χ0v) is 18.7. The Morgan fingerprint density at radius 1 is 1.11 bits per heavy atom. The van der Waals surface area contributed by atoms with Gasteiger partial charge in [0.05, 0.1) is 28.7 Å². The molecule has 0 fully saturated rings. The number of aromatic nitrogens is 5. The van der Waals surface area contributed by atoms with Crippen LogP contribution in [0.4, 0.5) is 23.4 Å². The van der Waals surface area contributed by atoms with Gasteiger partial charge in [-0.15, -0.1) is 4.98 Å². The molecular formula is C25H15F4N7O. The van der Waals surface area contributed by atoms with Crippen LogP contribution in [-0.4, -0.2) is 30.9 Å². The smallest absolute Gasteiger partial charge is 0.360 e. The zero-order valence-electron chi connectivity index (χ0n) is 18.7. The first-order chi connectivity index (χ1) is 17.7. The summed E-state index contributed by atoms with van der Waals surface area (Å²) >= 11 is 0. The molecule has 184 valence electrons. The molecule has 3 aromatic heterocycles. The molecule has 2 aromatic carbocycles. The van der Waals surface area contributed by atoms with E-state index in [1.54, 1.807) is 30.5 Å². The lowest BCUT2D eigenvalue weighted by Gasteiger charge is -2.09. The minimum Gasteiger partial charge on any atom is -0.360 e. The summed E-state index contributed by atoms with van der Waals surface area (Å²) in [6.07, 6.45) is -0.551. The maximum Gasteiger partial charge on any atom is 0.409 e. The van der Waals surface area contributed by atoms with Gasteiger partial charge in [-0.25, -0.2) is 9.07 Å². The summed E-state index contributed by atoms with van der Waals surface area (Å²) in [5.74, 6) is -1.72. The molecule has 0 unspecified atom stereocenters. The van der Waals surface area contributed by atoms with Crippen molar-refractivity contribution >= 4 is 22.6 Å². The summed E-state index contributed by atoms with van der Waals surface area (Å²) in [6, 6.07) is 11.6. The van der Waals surface area contributed by atoms with Crippen LogP contribution in [0.2, 0.25) is 0 Å². The van der Waals surface area contributed by atoms with Gasteiger partial charge in [0.2, 0.25) is 0 Å². The molecule has 37 heavy (non-hydrogen) atoms. The van der Waals surface area contributed by atoms with Crippen LogP contribution in [0.5, 0.6) is 0 Å². The summed E-state index contributed by atoms with van der Waals surface area (Å²) < 4.78 is 55.9. The predicted octanol–water partition coefficient (Wildman–Crippen LogP) is 5.45. The number of pyridine rings is 1. The molecule has 0 atom stereocenters. The van der Waals surface area contributed by atoms with E-state index in [1.165, 1.54) is 29.1 Å². The Labute approximate surface area is 206 Å². The molecular weight excluding hydrogens is 490 g/mol. The van der Waals surface area contributed by atoms with E-state index in [1.807, 2.05) is 0 Å². The van der Waals surface area contributed by atoms with Crippen molar-refractivity contribution < 1.29 is 22.4 Å². The fourth-order valence-corrected chi connectivity index (χ4v) is 3.70. The normalized spacial score (nSPS) is 11.4. The third kappa shape index (κ3) is 4.74. The molecule has 12 heteroatoms. The standard InChI is InChI=1S/C25H15F4N7O/c1-30-23-19(25(27,28)29)9-17(12-31-23)22-6-7-36(35-22)18-4-2-15(20(26)10-18)11-32-24(37)14-3-5-21-16(8-14)13-33-34-21/h2-10,12-13H,11H2,(H,32,37)(H,33,34).